The molecule has 0 bridgehead atoms. The molecule has 1 aromatic heterocycles. The van der Waals surface area contributed by atoms with E-state index >= 15 is 0 Å². The van der Waals surface area contributed by atoms with E-state index in [4.69, 9.17) is 9.15 Å². The van der Waals surface area contributed by atoms with Gasteiger partial charge in [-0.25, -0.2) is 4.79 Å². The van der Waals surface area contributed by atoms with Crippen LogP contribution >= 0.6 is 0 Å². The lowest BCUT2D eigenvalue weighted by atomic mass is 10.1. The van der Waals surface area contributed by atoms with Gasteiger partial charge >= 0.3 is 11.6 Å². The Kier molecular flexibility index (Phi) is 3.32. The molecule has 0 aliphatic carbocycles. The molecule has 2 rings (SSSR count). The molecule has 1 N–H and O–H groups in total. The summed E-state index contributed by atoms with van der Waals surface area (Å²) in [5.41, 5.74) is 0.280. The van der Waals surface area contributed by atoms with E-state index < -0.39 is 11.6 Å². The summed E-state index contributed by atoms with van der Waals surface area (Å²) in [4.78, 5) is 22.8. The van der Waals surface area contributed by atoms with Gasteiger partial charge in [0.1, 0.15) is 11.3 Å². The zero-order chi connectivity index (χ0) is 13.1. The molecule has 0 fully saturated rings. The van der Waals surface area contributed by atoms with Crippen molar-refractivity contribution >= 4 is 16.9 Å². The van der Waals surface area contributed by atoms with Gasteiger partial charge in [-0.15, -0.1) is 0 Å². The highest BCUT2D eigenvalue weighted by atomic mass is 16.5. The Morgan fingerprint density at radius 1 is 1.39 bits per heavy atom. The molecule has 0 radical (unpaired) electrons. The number of hydrogen-bond donors (Lipinski definition) is 1. The van der Waals surface area contributed by atoms with Crippen LogP contribution in [0, 0.1) is 0 Å². The summed E-state index contributed by atoms with van der Waals surface area (Å²) in [5.74, 6) is -0.380. The van der Waals surface area contributed by atoms with Crippen molar-refractivity contribution in [1.29, 1.82) is 0 Å². The molecular weight excluding hydrogens is 236 g/mol. The number of ether oxygens (including phenoxy) is 1. The van der Waals surface area contributed by atoms with Gasteiger partial charge in [-0.1, -0.05) is 0 Å². The fourth-order valence-corrected chi connectivity index (χ4v) is 1.73. The molecule has 0 saturated carbocycles. The molecule has 1 aromatic carbocycles. The number of fused-ring (bicyclic) bond motifs is 1. The molecule has 2 aromatic rings. The minimum absolute atomic E-state index is 0.0284. The summed E-state index contributed by atoms with van der Waals surface area (Å²) in [7, 11) is 0. The number of aromatic hydroxyl groups is 1. The quantitative estimate of drug-likeness (QED) is 0.659. The van der Waals surface area contributed by atoms with Crippen molar-refractivity contribution < 1.29 is 19.1 Å². The molecule has 18 heavy (non-hydrogen) atoms. The number of carbonyl (C=O) groups excluding carboxylic acids is 1. The maximum Gasteiger partial charge on any atom is 0.336 e. The third-order valence-corrected chi connectivity index (χ3v) is 2.45. The Hall–Kier alpha value is -2.30. The third-order valence-electron chi connectivity index (χ3n) is 2.45. The van der Waals surface area contributed by atoms with Gasteiger partial charge < -0.3 is 14.3 Å². The van der Waals surface area contributed by atoms with Gasteiger partial charge in [-0.05, 0) is 30.7 Å². The summed E-state index contributed by atoms with van der Waals surface area (Å²) < 4.78 is 9.81. The molecule has 0 spiro atoms. The zero-order valence-corrected chi connectivity index (χ0v) is 9.80. The maximum absolute atomic E-state index is 11.4. The molecular formula is C13H12O5. The number of benzene rings is 1. The van der Waals surface area contributed by atoms with Crippen molar-refractivity contribution in [3.8, 4) is 5.75 Å². The zero-order valence-electron chi connectivity index (χ0n) is 9.80. The normalized spacial score (nSPS) is 10.5. The number of hydrogen-bond acceptors (Lipinski definition) is 5. The van der Waals surface area contributed by atoms with E-state index in [0.717, 1.165) is 0 Å². The molecule has 1 heterocycles. The molecule has 0 unspecified atom stereocenters. The van der Waals surface area contributed by atoms with Crippen LogP contribution in [0.3, 0.4) is 0 Å². The second kappa shape index (κ2) is 4.91. The number of phenolic OH excluding ortho intramolecular Hbond substituents is 1. The average molecular weight is 248 g/mol. The van der Waals surface area contributed by atoms with Crippen LogP contribution in [0.2, 0.25) is 0 Å². The van der Waals surface area contributed by atoms with E-state index in [1.54, 1.807) is 6.92 Å². The van der Waals surface area contributed by atoms with E-state index in [-0.39, 0.29) is 18.8 Å². The number of esters is 1. The summed E-state index contributed by atoms with van der Waals surface area (Å²) >= 11 is 0. The van der Waals surface area contributed by atoms with Gasteiger partial charge in [-0.3, -0.25) is 4.79 Å². The lowest BCUT2D eigenvalue weighted by Gasteiger charge is -2.05. The highest BCUT2D eigenvalue weighted by Crippen LogP contribution is 2.22. The Morgan fingerprint density at radius 3 is 2.89 bits per heavy atom. The molecule has 0 saturated heterocycles. The predicted molar refractivity (Wildman–Crippen MR) is 64.5 cm³/mol. The molecule has 94 valence electrons. The van der Waals surface area contributed by atoms with Crippen LogP contribution in [0.25, 0.3) is 11.0 Å². The van der Waals surface area contributed by atoms with Gasteiger partial charge in [0.05, 0.1) is 13.0 Å². The van der Waals surface area contributed by atoms with Gasteiger partial charge in [0, 0.05) is 11.5 Å². The molecule has 0 aliphatic heterocycles. The van der Waals surface area contributed by atoms with E-state index in [9.17, 15) is 14.7 Å². The monoisotopic (exact) mass is 248 g/mol. The van der Waals surface area contributed by atoms with Gasteiger partial charge in [0.15, 0.2) is 0 Å². The van der Waals surface area contributed by atoms with Crippen molar-refractivity contribution in [2.24, 2.45) is 0 Å². The number of carbonyl (C=O) groups is 1. The Balaban J connectivity index is 2.51. The maximum atomic E-state index is 11.4. The number of phenols is 1. The first-order chi connectivity index (χ1) is 8.60. The fraction of sp³-hybridized carbons (Fsp3) is 0.231. The average Bonchev–Trinajstić information content (AvgIpc) is 2.30. The minimum atomic E-state index is -0.535. The molecule has 5 nitrogen and oxygen atoms in total. The van der Waals surface area contributed by atoms with E-state index in [0.29, 0.717) is 16.5 Å². The Morgan fingerprint density at radius 2 is 2.17 bits per heavy atom. The second-order valence-corrected chi connectivity index (χ2v) is 3.75. The summed E-state index contributed by atoms with van der Waals surface area (Å²) in [6, 6.07) is 5.59. The van der Waals surface area contributed by atoms with Crippen LogP contribution in [-0.4, -0.2) is 17.7 Å². The summed E-state index contributed by atoms with van der Waals surface area (Å²) in [5, 5.41) is 9.96. The topological polar surface area (TPSA) is 76.7 Å². The van der Waals surface area contributed by atoms with Crippen molar-refractivity contribution in [1.82, 2.24) is 0 Å². The SMILES string of the molecule is CCOC(=O)Cc1cc(=O)oc2ccc(O)cc12. The molecule has 5 heteroatoms. The van der Waals surface area contributed by atoms with E-state index in [1.807, 2.05) is 0 Å². The first-order valence-electron chi connectivity index (χ1n) is 5.51. The standard InChI is InChI=1S/C13H12O5/c1-2-17-12(15)5-8-6-13(16)18-11-4-3-9(14)7-10(8)11/h3-4,6-7,14H,2,5H2,1H3. The van der Waals surface area contributed by atoms with Gasteiger partial charge in [0.2, 0.25) is 0 Å². The van der Waals surface area contributed by atoms with Crippen LogP contribution in [0.1, 0.15) is 12.5 Å². The first kappa shape index (κ1) is 12.2. The van der Waals surface area contributed by atoms with Crippen molar-refractivity contribution in [2.75, 3.05) is 6.61 Å². The molecule has 0 atom stereocenters. The fourth-order valence-electron chi connectivity index (χ4n) is 1.73. The van der Waals surface area contributed by atoms with Crippen molar-refractivity contribution in [3.63, 3.8) is 0 Å². The van der Waals surface area contributed by atoms with Crippen molar-refractivity contribution in [2.45, 2.75) is 13.3 Å². The largest absolute Gasteiger partial charge is 0.508 e. The summed E-state index contributed by atoms with van der Waals surface area (Å²) in [6.45, 7) is 1.99. The van der Waals surface area contributed by atoms with Crippen LogP contribution < -0.4 is 5.63 Å². The van der Waals surface area contributed by atoms with Gasteiger partial charge in [0.25, 0.3) is 0 Å². The smallest absolute Gasteiger partial charge is 0.336 e. The second-order valence-electron chi connectivity index (χ2n) is 3.75. The summed E-state index contributed by atoms with van der Waals surface area (Å²) in [6.07, 6.45) is -0.0284. The highest BCUT2D eigenvalue weighted by molar-refractivity contribution is 5.86. The number of rotatable bonds is 3. The highest BCUT2D eigenvalue weighted by Gasteiger charge is 2.11. The lowest BCUT2D eigenvalue weighted by molar-refractivity contribution is -0.142. The van der Waals surface area contributed by atoms with E-state index in [1.165, 1.54) is 24.3 Å². The van der Waals surface area contributed by atoms with Crippen LogP contribution in [-0.2, 0) is 16.0 Å². The third kappa shape index (κ3) is 2.51. The van der Waals surface area contributed by atoms with Crippen molar-refractivity contribution in [3.05, 3.63) is 40.2 Å². The Labute approximate surface area is 103 Å². The van der Waals surface area contributed by atoms with Crippen LogP contribution in [0.15, 0.2) is 33.5 Å². The lowest BCUT2D eigenvalue weighted by Crippen LogP contribution is -2.10. The van der Waals surface area contributed by atoms with Gasteiger partial charge in [-0.2, -0.15) is 0 Å². The van der Waals surface area contributed by atoms with E-state index in [2.05, 4.69) is 0 Å². The molecule has 0 amide bonds. The Bertz CT molecular complexity index is 641. The van der Waals surface area contributed by atoms with Crippen LogP contribution in [0.4, 0.5) is 0 Å². The molecule has 0 aliphatic rings. The predicted octanol–water partition coefficient (Wildman–Crippen LogP) is 1.60. The first-order valence-corrected chi connectivity index (χ1v) is 5.51. The minimum Gasteiger partial charge on any atom is -0.508 e. The van der Waals surface area contributed by atoms with Crippen LogP contribution in [0.5, 0.6) is 5.75 Å².